The predicted molar refractivity (Wildman–Crippen MR) is 51.0 cm³/mol. The second-order valence-electron chi connectivity index (χ2n) is 3.91. The van der Waals surface area contributed by atoms with Crippen molar-refractivity contribution in [2.24, 2.45) is 5.92 Å². The van der Waals surface area contributed by atoms with E-state index in [1.54, 1.807) is 0 Å². The van der Waals surface area contributed by atoms with Crippen LogP contribution in [0.1, 0.15) is 18.5 Å². The number of hydrogen-bond acceptors (Lipinski definition) is 3. The maximum Gasteiger partial charge on any atom is 0.203 e. The third-order valence-corrected chi connectivity index (χ3v) is 2.93. The van der Waals surface area contributed by atoms with Gasteiger partial charge in [-0.1, -0.05) is 0 Å². The molecule has 3 nitrogen and oxygen atoms in total. The summed E-state index contributed by atoms with van der Waals surface area (Å²) in [7, 11) is 0. The van der Waals surface area contributed by atoms with Gasteiger partial charge in [0.2, 0.25) is 6.29 Å². The molecule has 0 aliphatic carbocycles. The minimum atomic E-state index is -0.0274. The molecule has 0 aromatic carbocycles. The molecule has 2 aliphatic heterocycles. The smallest absolute Gasteiger partial charge is 0.203 e. The van der Waals surface area contributed by atoms with Crippen LogP contribution in [0.25, 0.3) is 0 Å². The Kier molecular flexibility index (Phi) is 1.91. The Balaban J connectivity index is 1.91. The van der Waals surface area contributed by atoms with Crippen LogP contribution in [0.15, 0.2) is 18.3 Å². The molecule has 0 spiro atoms. The summed E-state index contributed by atoms with van der Waals surface area (Å²) in [6.07, 6.45) is 5.14. The van der Waals surface area contributed by atoms with Gasteiger partial charge in [-0.2, -0.15) is 0 Å². The van der Waals surface area contributed by atoms with Gasteiger partial charge in [-0.05, 0) is 25.0 Å². The van der Waals surface area contributed by atoms with Crippen molar-refractivity contribution >= 4 is 0 Å². The molecule has 3 rings (SSSR count). The van der Waals surface area contributed by atoms with Crippen molar-refractivity contribution in [3.8, 4) is 5.75 Å². The molecule has 2 aliphatic rings. The maximum atomic E-state index is 5.75. The summed E-state index contributed by atoms with van der Waals surface area (Å²) in [5.74, 6) is 1.40. The van der Waals surface area contributed by atoms with Crippen LogP contribution < -0.4 is 4.74 Å². The highest BCUT2D eigenvalue weighted by atomic mass is 16.7. The van der Waals surface area contributed by atoms with Crippen LogP contribution in [0.4, 0.5) is 0 Å². The SMILES string of the molecule is c1cnc2c(c1)OC1OCCCC1C2. The van der Waals surface area contributed by atoms with Gasteiger partial charge in [0, 0.05) is 18.5 Å². The normalized spacial score (nSPS) is 30.0. The summed E-state index contributed by atoms with van der Waals surface area (Å²) < 4.78 is 11.3. The molecule has 1 fully saturated rings. The summed E-state index contributed by atoms with van der Waals surface area (Å²) in [6.45, 7) is 0.830. The zero-order chi connectivity index (χ0) is 9.38. The Morgan fingerprint density at radius 1 is 1.43 bits per heavy atom. The van der Waals surface area contributed by atoms with Gasteiger partial charge in [-0.15, -0.1) is 0 Å². The Morgan fingerprint density at radius 3 is 3.43 bits per heavy atom. The lowest BCUT2D eigenvalue weighted by Crippen LogP contribution is -2.39. The van der Waals surface area contributed by atoms with Crippen molar-refractivity contribution < 1.29 is 9.47 Å². The minimum Gasteiger partial charge on any atom is -0.463 e. The number of nitrogens with zero attached hydrogens (tertiary/aromatic N) is 1. The average Bonchev–Trinajstić information content (AvgIpc) is 2.26. The van der Waals surface area contributed by atoms with E-state index in [9.17, 15) is 0 Å². The van der Waals surface area contributed by atoms with Gasteiger partial charge in [0.1, 0.15) is 5.75 Å². The number of aromatic nitrogens is 1. The topological polar surface area (TPSA) is 31.4 Å². The molecule has 74 valence electrons. The van der Waals surface area contributed by atoms with E-state index in [0.717, 1.165) is 30.9 Å². The number of rotatable bonds is 0. The molecule has 0 amide bonds. The van der Waals surface area contributed by atoms with Crippen LogP contribution in [0.5, 0.6) is 5.75 Å². The minimum absolute atomic E-state index is 0.0274. The molecule has 1 saturated heterocycles. The van der Waals surface area contributed by atoms with E-state index in [-0.39, 0.29) is 6.29 Å². The molecule has 14 heavy (non-hydrogen) atoms. The Labute approximate surface area is 83.1 Å². The van der Waals surface area contributed by atoms with E-state index in [1.807, 2.05) is 18.3 Å². The predicted octanol–water partition coefficient (Wildman–Crippen LogP) is 1.77. The summed E-state index contributed by atoms with van der Waals surface area (Å²) in [5, 5.41) is 0. The van der Waals surface area contributed by atoms with Gasteiger partial charge < -0.3 is 9.47 Å². The molecule has 0 saturated carbocycles. The van der Waals surface area contributed by atoms with Crippen molar-refractivity contribution in [2.75, 3.05) is 6.61 Å². The lowest BCUT2D eigenvalue weighted by Gasteiger charge is -2.35. The van der Waals surface area contributed by atoms with Gasteiger partial charge in [0.25, 0.3) is 0 Å². The maximum absolute atomic E-state index is 5.75. The number of pyridine rings is 1. The van der Waals surface area contributed by atoms with Crippen LogP contribution in [0, 0.1) is 5.92 Å². The molecular formula is C11H13NO2. The van der Waals surface area contributed by atoms with Crippen LogP contribution in [-0.4, -0.2) is 17.9 Å². The largest absolute Gasteiger partial charge is 0.463 e. The van der Waals surface area contributed by atoms with Crippen molar-refractivity contribution in [3.05, 3.63) is 24.0 Å². The van der Waals surface area contributed by atoms with Crippen LogP contribution >= 0.6 is 0 Å². The molecule has 2 atom stereocenters. The van der Waals surface area contributed by atoms with E-state index in [4.69, 9.17) is 9.47 Å². The standard InChI is InChI=1S/C11H13NO2/c1-4-10-9(12-5-1)7-8-3-2-6-13-11(8)14-10/h1,4-5,8,11H,2-3,6-7H2. The van der Waals surface area contributed by atoms with E-state index in [2.05, 4.69) is 4.98 Å². The lowest BCUT2D eigenvalue weighted by atomic mass is 9.92. The zero-order valence-corrected chi connectivity index (χ0v) is 7.98. The van der Waals surface area contributed by atoms with Crippen LogP contribution in [0.3, 0.4) is 0 Å². The van der Waals surface area contributed by atoms with Crippen molar-refractivity contribution in [1.82, 2.24) is 4.98 Å². The fourth-order valence-corrected chi connectivity index (χ4v) is 2.20. The highest BCUT2D eigenvalue weighted by Crippen LogP contribution is 2.34. The molecule has 0 bridgehead atoms. The quantitative estimate of drug-likeness (QED) is 0.626. The first-order chi connectivity index (χ1) is 6.93. The van der Waals surface area contributed by atoms with Gasteiger partial charge in [-0.25, -0.2) is 0 Å². The fourth-order valence-electron chi connectivity index (χ4n) is 2.20. The second kappa shape index (κ2) is 3.24. The molecule has 1 aromatic heterocycles. The summed E-state index contributed by atoms with van der Waals surface area (Å²) in [4.78, 5) is 4.33. The van der Waals surface area contributed by atoms with Gasteiger partial charge in [0.15, 0.2) is 0 Å². The summed E-state index contributed by atoms with van der Waals surface area (Å²) in [6, 6.07) is 3.87. The average molecular weight is 191 g/mol. The number of ether oxygens (including phenoxy) is 2. The summed E-state index contributed by atoms with van der Waals surface area (Å²) >= 11 is 0. The van der Waals surface area contributed by atoms with E-state index < -0.39 is 0 Å². The zero-order valence-electron chi connectivity index (χ0n) is 7.98. The lowest BCUT2D eigenvalue weighted by molar-refractivity contribution is -0.149. The molecule has 0 radical (unpaired) electrons. The number of hydrogen-bond donors (Lipinski definition) is 0. The molecule has 2 unspecified atom stereocenters. The third-order valence-electron chi connectivity index (χ3n) is 2.93. The Hall–Kier alpha value is -1.09. The highest BCUT2D eigenvalue weighted by molar-refractivity contribution is 5.29. The summed E-state index contributed by atoms with van der Waals surface area (Å²) in [5.41, 5.74) is 1.08. The number of fused-ring (bicyclic) bond motifs is 2. The van der Waals surface area contributed by atoms with E-state index in [1.165, 1.54) is 6.42 Å². The molecule has 3 heterocycles. The fraction of sp³-hybridized carbons (Fsp3) is 0.545. The molecular weight excluding hydrogens is 178 g/mol. The van der Waals surface area contributed by atoms with Gasteiger partial charge >= 0.3 is 0 Å². The first-order valence-electron chi connectivity index (χ1n) is 5.15. The van der Waals surface area contributed by atoms with Crippen molar-refractivity contribution in [2.45, 2.75) is 25.6 Å². The monoisotopic (exact) mass is 191 g/mol. The Morgan fingerprint density at radius 2 is 2.43 bits per heavy atom. The van der Waals surface area contributed by atoms with E-state index in [0.29, 0.717) is 5.92 Å². The van der Waals surface area contributed by atoms with Gasteiger partial charge in [0.05, 0.1) is 12.3 Å². The molecule has 3 heteroatoms. The molecule has 1 aromatic rings. The first kappa shape index (κ1) is 8.24. The second-order valence-corrected chi connectivity index (χ2v) is 3.91. The van der Waals surface area contributed by atoms with Crippen molar-refractivity contribution in [1.29, 1.82) is 0 Å². The van der Waals surface area contributed by atoms with E-state index >= 15 is 0 Å². The van der Waals surface area contributed by atoms with Gasteiger partial charge in [-0.3, -0.25) is 4.98 Å². The van der Waals surface area contributed by atoms with Crippen LogP contribution in [0.2, 0.25) is 0 Å². The molecule has 0 N–H and O–H groups in total. The Bertz CT molecular complexity index is 307. The van der Waals surface area contributed by atoms with Crippen molar-refractivity contribution in [3.63, 3.8) is 0 Å². The third kappa shape index (κ3) is 1.28. The van der Waals surface area contributed by atoms with Crippen LogP contribution in [-0.2, 0) is 11.2 Å². The first-order valence-corrected chi connectivity index (χ1v) is 5.15. The highest BCUT2D eigenvalue weighted by Gasteiger charge is 2.33.